The third-order valence-corrected chi connectivity index (χ3v) is 5.77. The molecule has 0 aliphatic carbocycles. The highest BCUT2D eigenvalue weighted by Gasteiger charge is 2.40. The van der Waals surface area contributed by atoms with E-state index < -0.39 is 44.5 Å². The molecule has 1 aromatic carbocycles. The van der Waals surface area contributed by atoms with Crippen LogP contribution in [0.15, 0.2) is 23.1 Å². The summed E-state index contributed by atoms with van der Waals surface area (Å²) in [6.45, 7) is 1.59. The summed E-state index contributed by atoms with van der Waals surface area (Å²) in [5.41, 5.74) is -1.67. The monoisotopic (exact) mass is 383 g/mol. The van der Waals surface area contributed by atoms with E-state index in [0.717, 1.165) is 10.4 Å². The van der Waals surface area contributed by atoms with Crippen LogP contribution in [-0.4, -0.2) is 37.9 Å². The van der Waals surface area contributed by atoms with Gasteiger partial charge in [-0.3, -0.25) is 4.79 Å². The number of esters is 1. The molecule has 1 saturated heterocycles. The van der Waals surface area contributed by atoms with Crippen LogP contribution in [0.25, 0.3) is 0 Å². The number of rotatable bonds is 4. The quantitative estimate of drug-likeness (QED) is 0.592. The Kier molecular flexibility index (Phi) is 5.72. The van der Waals surface area contributed by atoms with E-state index in [1.54, 1.807) is 6.92 Å². The van der Waals surface area contributed by atoms with Crippen molar-refractivity contribution in [2.24, 2.45) is 0 Å². The maximum Gasteiger partial charge on any atom is 0.419 e. The lowest BCUT2D eigenvalue weighted by Crippen LogP contribution is -2.48. The first-order valence-corrected chi connectivity index (χ1v) is 9.08. The highest BCUT2D eigenvalue weighted by atomic mass is 32.2. The van der Waals surface area contributed by atoms with Crippen molar-refractivity contribution in [3.05, 3.63) is 29.6 Å². The molecule has 0 amide bonds. The lowest BCUT2D eigenvalue weighted by Gasteiger charge is -2.33. The van der Waals surface area contributed by atoms with Crippen LogP contribution in [-0.2, 0) is 25.7 Å². The van der Waals surface area contributed by atoms with Gasteiger partial charge in [0.1, 0.15) is 11.9 Å². The number of nitrogens with zero attached hydrogens (tertiary/aromatic N) is 1. The van der Waals surface area contributed by atoms with Crippen molar-refractivity contribution < 1.29 is 35.5 Å². The van der Waals surface area contributed by atoms with Crippen molar-refractivity contribution in [2.45, 2.75) is 43.3 Å². The number of piperidine rings is 1. The van der Waals surface area contributed by atoms with Gasteiger partial charge in [-0.25, -0.2) is 12.8 Å². The van der Waals surface area contributed by atoms with Crippen LogP contribution < -0.4 is 0 Å². The van der Waals surface area contributed by atoms with Crippen molar-refractivity contribution in [3.8, 4) is 0 Å². The van der Waals surface area contributed by atoms with Crippen molar-refractivity contribution in [1.29, 1.82) is 0 Å². The van der Waals surface area contributed by atoms with Crippen molar-refractivity contribution in [2.75, 3.05) is 13.2 Å². The third-order valence-electron chi connectivity index (χ3n) is 3.86. The minimum Gasteiger partial charge on any atom is -0.465 e. The zero-order valence-electron chi connectivity index (χ0n) is 13.3. The highest BCUT2D eigenvalue weighted by molar-refractivity contribution is 7.89. The summed E-state index contributed by atoms with van der Waals surface area (Å²) in [7, 11) is -4.41. The van der Waals surface area contributed by atoms with Gasteiger partial charge in [0.25, 0.3) is 0 Å². The normalized spacial score (nSPS) is 19.6. The van der Waals surface area contributed by atoms with E-state index in [1.807, 2.05) is 0 Å². The van der Waals surface area contributed by atoms with Crippen LogP contribution in [0.4, 0.5) is 17.6 Å². The minimum atomic E-state index is -5.03. The standard InChI is InChI=1S/C15H17F4NO4S/c1-2-24-14(21)13-5-3-4-8-20(13)25(22,23)10-6-7-12(16)11(9-10)15(17,18)19/h6-7,9,13H,2-5,8H2,1H3. The number of hydrogen-bond acceptors (Lipinski definition) is 4. The molecular weight excluding hydrogens is 366 g/mol. The Morgan fingerprint density at radius 1 is 1.32 bits per heavy atom. The molecule has 5 nitrogen and oxygen atoms in total. The molecule has 0 radical (unpaired) electrons. The minimum absolute atomic E-state index is 0.0233. The molecule has 25 heavy (non-hydrogen) atoms. The van der Waals surface area contributed by atoms with Crippen LogP contribution in [0.5, 0.6) is 0 Å². The van der Waals surface area contributed by atoms with E-state index in [4.69, 9.17) is 4.74 Å². The smallest absolute Gasteiger partial charge is 0.419 e. The van der Waals surface area contributed by atoms with Crippen LogP contribution in [0.2, 0.25) is 0 Å². The van der Waals surface area contributed by atoms with Gasteiger partial charge in [-0.2, -0.15) is 17.5 Å². The molecule has 1 aromatic rings. The molecule has 1 aliphatic heterocycles. The molecule has 10 heteroatoms. The van der Waals surface area contributed by atoms with Gasteiger partial charge in [-0.1, -0.05) is 0 Å². The van der Waals surface area contributed by atoms with Crippen LogP contribution >= 0.6 is 0 Å². The summed E-state index contributed by atoms with van der Waals surface area (Å²) >= 11 is 0. The molecule has 140 valence electrons. The second kappa shape index (κ2) is 7.28. The zero-order chi connectivity index (χ0) is 18.8. The maximum absolute atomic E-state index is 13.4. The largest absolute Gasteiger partial charge is 0.465 e. The number of carbonyl (C=O) groups is 1. The fourth-order valence-corrected chi connectivity index (χ4v) is 4.36. The van der Waals surface area contributed by atoms with E-state index in [-0.39, 0.29) is 25.6 Å². The first-order valence-electron chi connectivity index (χ1n) is 7.64. The third kappa shape index (κ3) is 4.12. The highest BCUT2D eigenvalue weighted by Crippen LogP contribution is 2.34. The Morgan fingerprint density at radius 2 is 2.00 bits per heavy atom. The lowest BCUT2D eigenvalue weighted by molar-refractivity contribution is -0.148. The fourth-order valence-electron chi connectivity index (χ4n) is 2.68. The van der Waals surface area contributed by atoms with Gasteiger partial charge >= 0.3 is 12.1 Å². The number of hydrogen-bond donors (Lipinski definition) is 0. The van der Waals surface area contributed by atoms with Crippen molar-refractivity contribution in [1.82, 2.24) is 4.31 Å². The van der Waals surface area contributed by atoms with Crippen molar-refractivity contribution >= 4 is 16.0 Å². The number of alkyl halides is 3. The van der Waals surface area contributed by atoms with E-state index >= 15 is 0 Å². The number of sulfonamides is 1. The molecule has 2 rings (SSSR count). The molecule has 0 bridgehead atoms. The van der Waals surface area contributed by atoms with Gasteiger partial charge in [0, 0.05) is 6.54 Å². The second-order valence-corrected chi connectivity index (χ2v) is 7.41. The molecule has 1 heterocycles. The van der Waals surface area contributed by atoms with E-state index in [9.17, 15) is 30.8 Å². The molecule has 1 aliphatic rings. The Hall–Kier alpha value is -1.68. The summed E-state index contributed by atoms with van der Waals surface area (Å²) in [6, 6.07) is 0.370. The van der Waals surface area contributed by atoms with E-state index in [2.05, 4.69) is 0 Å². The Bertz CT molecular complexity index is 748. The zero-order valence-corrected chi connectivity index (χ0v) is 14.2. The average molecular weight is 383 g/mol. The summed E-state index contributed by atoms with van der Waals surface area (Å²) < 4.78 is 83.1. The predicted molar refractivity (Wildman–Crippen MR) is 79.6 cm³/mol. The summed E-state index contributed by atoms with van der Waals surface area (Å²) in [5.74, 6) is -2.31. The average Bonchev–Trinajstić information content (AvgIpc) is 2.54. The topological polar surface area (TPSA) is 63.7 Å². The van der Waals surface area contributed by atoms with Gasteiger partial charge in [-0.15, -0.1) is 0 Å². The summed E-state index contributed by atoms with van der Waals surface area (Å²) in [4.78, 5) is 11.3. The summed E-state index contributed by atoms with van der Waals surface area (Å²) in [6.07, 6.45) is -3.77. The molecule has 0 aromatic heterocycles. The van der Waals surface area contributed by atoms with Crippen LogP contribution in [0.3, 0.4) is 0 Å². The SMILES string of the molecule is CCOC(=O)C1CCCCN1S(=O)(=O)c1ccc(F)c(C(F)(F)F)c1. The second-order valence-electron chi connectivity index (χ2n) is 5.52. The summed E-state index contributed by atoms with van der Waals surface area (Å²) in [5, 5.41) is 0. The first-order chi connectivity index (χ1) is 11.6. The first kappa shape index (κ1) is 19.6. The van der Waals surface area contributed by atoms with Gasteiger partial charge in [-0.05, 0) is 44.4 Å². The molecule has 0 saturated carbocycles. The van der Waals surface area contributed by atoms with Gasteiger partial charge in [0.05, 0.1) is 17.1 Å². The molecular formula is C15H17F4NO4S. The van der Waals surface area contributed by atoms with Gasteiger partial charge < -0.3 is 4.74 Å². The molecule has 0 N–H and O–H groups in total. The lowest BCUT2D eigenvalue weighted by atomic mass is 10.1. The molecule has 1 fully saturated rings. The number of carbonyl (C=O) groups excluding carboxylic acids is 1. The Morgan fingerprint density at radius 3 is 2.60 bits per heavy atom. The Balaban J connectivity index is 2.44. The van der Waals surface area contributed by atoms with E-state index in [0.29, 0.717) is 18.9 Å². The number of ether oxygens (including phenoxy) is 1. The van der Waals surface area contributed by atoms with Crippen LogP contribution in [0, 0.1) is 5.82 Å². The Labute approximate surface area is 142 Å². The van der Waals surface area contributed by atoms with Crippen molar-refractivity contribution in [3.63, 3.8) is 0 Å². The number of benzene rings is 1. The number of halogens is 4. The molecule has 1 unspecified atom stereocenters. The fraction of sp³-hybridized carbons (Fsp3) is 0.533. The van der Waals surface area contributed by atoms with E-state index in [1.165, 1.54) is 0 Å². The maximum atomic E-state index is 13.4. The van der Waals surface area contributed by atoms with Gasteiger partial charge in [0.2, 0.25) is 10.0 Å². The molecule has 0 spiro atoms. The van der Waals surface area contributed by atoms with Gasteiger partial charge in [0.15, 0.2) is 0 Å². The molecule has 1 atom stereocenters. The predicted octanol–water partition coefficient (Wildman–Crippen LogP) is 2.95. The van der Waals surface area contributed by atoms with Crippen LogP contribution in [0.1, 0.15) is 31.7 Å².